The molecule has 1 aliphatic heterocycles. The summed E-state index contributed by atoms with van der Waals surface area (Å²) in [7, 11) is -3.80. The van der Waals surface area contributed by atoms with E-state index in [1.807, 2.05) is 0 Å². The second kappa shape index (κ2) is 7.32. The Morgan fingerprint density at radius 3 is 2.88 bits per heavy atom. The van der Waals surface area contributed by atoms with Crippen LogP contribution < -0.4 is 9.47 Å². The van der Waals surface area contributed by atoms with Crippen LogP contribution in [-0.4, -0.2) is 48.5 Å². The van der Waals surface area contributed by atoms with Gasteiger partial charge < -0.3 is 9.47 Å². The zero-order chi connectivity index (χ0) is 17.9. The molecule has 134 valence electrons. The molecule has 1 fully saturated rings. The summed E-state index contributed by atoms with van der Waals surface area (Å²) < 4.78 is 51.4. The fourth-order valence-electron chi connectivity index (χ4n) is 2.59. The van der Waals surface area contributed by atoms with Crippen molar-refractivity contribution in [2.45, 2.75) is 24.3 Å². The molecule has 2 heterocycles. The van der Waals surface area contributed by atoms with E-state index in [-0.39, 0.29) is 23.3 Å². The molecule has 1 unspecified atom stereocenters. The Balaban J connectivity index is 1.72. The Labute approximate surface area is 145 Å². The van der Waals surface area contributed by atoms with Gasteiger partial charge >= 0.3 is 0 Å². The maximum absolute atomic E-state index is 14.0. The summed E-state index contributed by atoms with van der Waals surface area (Å²) in [4.78, 5) is 7.81. The standard InChI is InChI=1S/C16H18FN3O4S/c1-2-23-15-4-3-13(9-14(15)17)25(21,22)20-8-5-12(11-20)24-16-10-18-6-7-19-16/h3-4,6-7,9-10,12H,2,5,8,11H2,1H3. The van der Waals surface area contributed by atoms with E-state index in [1.54, 1.807) is 6.92 Å². The quantitative estimate of drug-likeness (QED) is 0.775. The van der Waals surface area contributed by atoms with Crippen molar-refractivity contribution in [3.8, 4) is 11.6 Å². The zero-order valence-corrected chi connectivity index (χ0v) is 14.4. The summed E-state index contributed by atoms with van der Waals surface area (Å²) in [6.45, 7) is 2.50. The van der Waals surface area contributed by atoms with Crippen LogP contribution in [0.25, 0.3) is 0 Å². The smallest absolute Gasteiger partial charge is 0.243 e. The van der Waals surface area contributed by atoms with Crippen LogP contribution >= 0.6 is 0 Å². The molecule has 25 heavy (non-hydrogen) atoms. The molecule has 0 N–H and O–H groups in total. The highest BCUT2D eigenvalue weighted by Gasteiger charge is 2.34. The molecule has 1 atom stereocenters. The lowest BCUT2D eigenvalue weighted by atomic mass is 10.3. The third-order valence-corrected chi connectivity index (χ3v) is 5.64. The Kier molecular flexibility index (Phi) is 5.14. The average Bonchev–Trinajstić information content (AvgIpc) is 3.07. The van der Waals surface area contributed by atoms with Crippen molar-refractivity contribution in [1.82, 2.24) is 14.3 Å². The van der Waals surface area contributed by atoms with Gasteiger partial charge in [-0.3, -0.25) is 4.98 Å². The molecule has 1 aromatic carbocycles. The van der Waals surface area contributed by atoms with E-state index in [4.69, 9.17) is 9.47 Å². The van der Waals surface area contributed by atoms with Crippen molar-refractivity contribution in [3.63, 3.8) is 0 Å². The second-order valence-corrected chi connectivity index (χ2v) is 7.40. The molecular weight excluding hydrogens is 349 g/mol. The molecule has 0 spiro atoms. The minimum atomic E-state index is -3.80. The van der Waals surface area contributed by atoms with Crippen molar-refractivity contribution in [3.05, 3.63) is 42.6 Å². The maximum Gasteiger partial charge on any atom is 0.243 e. The monoisotopic (exact) mass is 367 g/mol. The molecule has 1 aromatic heterocycles. The third kappa shape index (κ3) is 3.88. The van der Waals surface area contributed by atoms with Crippen LogP contribution in [0.5, 0.6) is 11.6 Å². The predicted molar refractivity (Wildman–Crippen MR) is 87.4 cm³/mol. The Hall–Kier alpha value is -2.26. The third-order valence-electron chi connectivity index (χ3n) is 3.78. The normalized spacial score (nSPS) is 18.2. The molecule has 0 radical (unpaired) electrons. The lowest BCUT2D eigenvalue weighted by Gasteiger charge is -2.17. The van der Waals surface area contributed by atoms with Gasteiger partial charge in [-0.2, -0.15) is 4.31 Å². The topological polar surface area (TPSA) is 81.6 Å². The Morgan fingerprint density at radius 1 is 1.36 bits per heavy atom. The van der Waals surface area contributed by atoms with Crippen molar-refractivity contribution in [1.29, 1.82) is 0 Å². The van der Waals surface area contributed by atoms with E-state index in [1.165, 1.54) is 35.0 Å². The Bertz CT molecular complexity index is 833. The van der Waals surface area contributed by atoms with E-state index < -0.39 is 15.8 Å². The minimum absolute atomic E-state index is 0.0340. The minimum Gasteiger partial charge on any atom is -0.491 e. The predicted octanol–water partition coefficient (Wildman–Crippen LogP) is 1.86. The van der Waals surface area contributed by atoms with Gasteiger partial charge in [0.1, 0.15) is 6.10 Å². The zero-order valence-electron chi connectivity index (χ0n) is 13.6. The molecule has 9 heteroatoms. The lowest BCUT2D eigenvalue weighted by Crippen LogP contribution is -2.31. The van der Waals surface area contributed by atoms with Gasteiger partial charge in [0, 0.05) is 18.9 Å². The van der Waals surface area contributed by atoms with Crippen LogP contribution in [-0.2, 0) is 10.0 Å². The largest absolute Gasteiger partial charge is 0.491 e. The number of hydrogen-bond donors (Lipinski definition) is 0. The summed E-state index contributed by atoms with van der Waals surface area (Å²) >= 11 is 0. The van der Waals surface area contributed by atoms with E-state index in [0.717, 1.165) is 6.07 Å². The Morgan fingerprint density at radius 2 is 2.20 bits per heavy atom. The number of ether oxygens (including phenoxy) is 2. The molecule has 0 saturated carbocycles. The van der Waals surface area contributed by atoms with Gasteiger partial charge in [-0.1, -0.05) is 0 Å². The molecule has 1 aliphatic rings. The first-order valence-electron chi connectivity index (χ1n) is 7.86. The first-order valence-corrected chi connectivity index (χ1v) is 9.30. The van der Waals surface area contributed by atoms with Gasteiger partial charge in [0.2, 0.25) is 15.9 Å². The van der Waals surface area contributed by atoms with Crippen molar-refractivity contribution in [2.24, 2.45) is 0 Å². The van der Waals surface area contributed by atoms with Crippen LogP contribution in [0.15, 0.2) is 41.7 Å². The van der Waals surface area contributed by atoms with Gasteiger partial charge in [0.05, 0.1) is 24.2 Å². The molecule has 2 aromatic rings. The average molecular weight is 367 g/mol. The van der Waals surface area contributed by atoms with Gasteiger partial charge in [-0.15, -0.1) is 0 Å². The molecule has 0 aliphatic carbocycles. The highest BCUT2D eigenvalue weighted by atomic mass is 32.2. The van der Waals surface area contributed by atoms with E-state index in [2.05, 4.69) is 9.97 Å². The molecule has 0 bridgehead atoms. The van der Waals surface area contributed by atoms with Gasteiger partial charge in [-0.25, -0.2) is 17.8 Å². The SMILES string of the molecule is CCOc1ccc(S(=O)(=O)N2CCC(Oc3cnccn3)C2)cc1F. The van der Waals surface area contributed by atoms with Crippen LogP contribution in [0.1, 0.15) is 13.3 Å². The molecular formula is C16H18FN3O4S. The fraction of sp³-hybridized carbons (Fsp3) is 0.375. The van der Waals surface area contributed by atoms with E-state index >= 15 is 0 Å². The number of aromatic nitrogens is 2. The highest BCUT2D eigenvalue weighted by molar-refractivity contribution is 7.89. The number of benzene rings is 1. The number of rotatable bonds is 6. The van der Waals surface area contributed by atoms with Gasteiger partial charge in [0.25, 0.3) is 0 Å². The van der Waals surface area contributed by atoms with E-state index in [9.17, 15) is 12.8 Å². The maximum atomic E-state index is 14.0. The number of nitrogens with zero attached hydrogens (tertiary/aromatic N) is 3. The van der Waals surface area contributed by atoms with Crippen LogP contribution in [0.4, 0.5) is 4.39 Å². The van der Waals surface area contributed by atoms with Crippen molar-refractivity contribution in [2.75, 3.05) is 19.7 Å². The molecule has 7 nitrogen and oxygen atoms in total. The van der Waals surface area contributed by atoms with Crippen LogP contribution in [0, 0.1) is 5.82 Å². The van der Waals surface area contributed by atoms with Crippen molar-refractivity contribution >= 4 is 10.0 Å². The van der Waals surface area contributed by atoms with Crippen LogP contribution in [0.2, 0.25) is 0 Å². The lowest BCUT2D eigenvalue weighted by molar-refractivity contribution is 0.206. The van der Waals surface area contributed by atoms with Gasteiger partial charge in [-0.05, 0) is 31.5 Å². The molecule has 0 amide bonds. The number of hydrogen-bond acceptors (Lipinski definition) is 6. The van der Waals surface area contributed by atoms with E-state index in [0.29, 0.717) is 25.5 Å². The first-order chi connectivity index (χ1) is 12.0. The molecule has 3 rings (SSSR count). The highest BCUT2D eigenvalue weighted by Crippen LogP contribution is 2.26. The van der Waals surface area contributed by atoms with Crippen molar-refractivity contribution < 1.29 is 22.3 Å². The first kappa shape index (κ1) is 17.6. The number of sulfonamides is 1. The summed E-state index contributed by atoms with van der Waals surface area (Å²) in [5.74, 6) is -0.319. The summed E-state index contributed by atoms with van der Waals surface area (Å²) in [6, 6.07) is 3.66. The van der Waals surface area contributed by atoms with Crippen LogP contribution in [0.3, 0.4) is 0 Å². The fourth-order valence-corrected chi connectivity index (χ4v) is 4.09. The van der Waals surface area contributed by atoms with Gasteiger partial charge in [0.15, 0.2) is 11.6 Å². The number of halogens is 1. The summed E-state index contributed by atoms with van der Waals surface area (Å²) in [6.07, 6.45) is 4.70. The summed E-state index contributed by atoms with van der Waals surface area (Å²) in [5, 5.41) is 0. The second-order valence-electron chi connectivity index (χ2n) is 5.46. The molecule has 1 saturated heterocycles. The summed E-state index contributed by atoms with van der Waals surface area (Å²) in [5.41, 5.74) is 0.